The number of aromatic nitrogens is 1. The number of nitrogens with one attached hydrogen (secondary N) is 1. The maximum atomic E-state index is 12.6. The molecule has 1 saturated heterocycles. The molecule has 1 aromatic rings. The number of amides is 1. The molecule has 0 saturated carbocycles. The van der Waals surface area contributed by atoms with Gasteiger partial charge in [-0.2, -0.15) is 13.2 Å². The summed E-state index contributed by atoms with van der Waals surface area (Å²) in [6.07, 6.45) is -4.16. The van der Waals surface area contributed by atoms with E-state index in [4.69, 9.17) is 9.57 Å². The number of ether oxygens (including phenoxy) is 1. The van der Waals surface area contributed by atoms with Gasteiger partial charge in [0.2, 0.25) is 0 Å². The number of halogens is 3. The van der Waals surface area contributed by atoms with E-state index >= 15 is 0 Å². The van der Waals surface area contributed by atoms with Crippen LogP contribution in [0.1, 0.15) is 32.0 Å². The maximum absolute atomic E-state index is 12.6. The molecule has 9 heteroatoms. The number of pyridine rings is 1. The Morgan fingerprint density at radius 1 is 1.36 bits per heavy atom. The second-order valence-corrected chi connectivity index (χ2v) is 6.90. The molecule has 1 aromatic heterocycles. The van der Waals surface area contributed by atoms with Crippen molar-refractivity contribution in [2.24, 2.45) is 0 Å². The van der Waals surface area contributed by atoms with Crippen LogP contribution in [0, 0.1) is 0 Å². The third-order valence-corrected chi connectivity index (χ3v) is 3.75. The second-order valence-electron chi connectivity index (χ2n) is 6.90. The van der Waals surface area contributed by atoms with Crippen molar-refractivity contribution in [2.75, 3.05) is 13.1 Å². The largest absolute Gasteiger partial charge is 0.444 e. The molecule has 136 valence electrons. The summed E-state index contributed by atoms with van der Waals surface area (Å²) in [4.78, 5) is 22.5. The van der Waals surface area contributed by atoms with E-state index in [1.807, 2.05) is 0 Å². The van der Waals surface area contributed by atoms with E-state index in [-0.39, 0.29) is 12.6 Å². The zero-order chi connectivity index (χ0) is 18.4. The molecule has 2 aliphatic rings. The van der Waals surface area contributed by atoms with Crippen molar-refractivity contribution < 1.29 is 27.5 Å². The van der Waals surface area contributed by atoms with Crippen molar-refractivity contribution in [3.8, 4) is 0 Å². The molecule has 0 aliphatic carbocycles. The molecular formula is C16H18F3N3O3. The van der Waals surface area contributed by atoms with Crippen LogP contribution in [0.3, 0.4) is 0 Å². The molecule has 1 fully saturated rings. The fraction of sp³-hybridized carbons (Fsp3) is 0.500. The van der Waals surface area contributed by atoms with Gasteiger partial charge in [0.15, 0.2) is 0 Å². The smallest absolute Gasteiger partial charge is 0.433 e. The number of hydroxylamine groups is 1. The Kier molecular flexibility index (Phi) is 4.14. The number of hydrogen-bond acceptors (Lipinski definition) is 5. The average molecular weight is 357 g/mol. The minimum atomic E-state index is -4.49. The van der Waals surface area contributed by atoms with Gasteiger partial charge in [-0.3, -0.25) is 15.3 Å². The van der Waals surface area contributed by atoms with Crippen LogP contribution in [-0.4, -0.2) is 40.8 Å². The van der Waals surface area contributed by atoms with Gasteiger partial charge < -0.3 is 9.64 Å². The van der Waals surface area contributed by atoms with Crippen LogP contribution < -0.4 is 5.48 Å². The lowest BCUT2D eigenvalue weighted by atomic mass is 10.1. The van der Waals surface area contributed by atoms with Gasteiger partial charge in [-0.15, -0.1) is 0 Å². The molecule has 1 atom stereocenters. The standard InChI is InChI=1S/C16H18F3N3O3/c1-15(2,3)24-14(23)22-7-10-11(8-22)25-21-13(10)9-4-5-12(20-6-9)16(17,18)19/h4-6,11,21H,7-8H2,1-3H3/t11-/m0/s1. The van der Waals surface area contributed by atoms with E-state index in [1.165, 1.54) is 11.0 Å². The van der Waals surface area contributed by atoms with E-state index in [9.17, 15) is 18.0 Å². The summed E-state index contributed by atoms with van der Waals surface area (Å²) in [6, 6.07) is 2.24. The number of carbonyl (C=O) groups excluding carboxylic acids is 1. The van der Waals surface area contributed by atoms with Crippen molar-refractivity contribution >= 4 is 11.8 Å². The summed E-state index contributed by atoms with van der Waals surface area (Å²) in [7, 11) is 0. The van der Waals surface area contributed by atoms with Gasteiger partial charge in [0.05, 0.1) is 18.8 Å². The van der Waals surface area contributed by atoms with Crippen LogP contribution in [0.2, 0.25) is 0 Å². The van der Waals surface area contributed by atoms with Crippen molar-refractivity contribution in [3.63, 3.8) is 0 Å². The van der Waals surface area contributed by atoms with Gasteiger partial charge in [0.1, 0.15) is 17.4 Å². The SMILES string of the molecule is CC(C)(C)OC(=O)N1CC2=C(c3ccc(C(F)(F)F)nc3)NO[C@H]2C1. The molecule has 0 spiro atoms. The van der Waals surface area contributed by atoms with E-state index < -0.39 is 23.6 Å². The highest BCUT2D eigenvalue weighted by atomic mass is 19.4. The van der Waals surface area contributed by atoms with Crippen molar-refractivity contribution in [1.82, 2.24) is 15.4 Å². The molecule has 25 heavy (non-hydrogen) atoms. The van der Waals surface area contributed by atoms with Crippen LogP contribution >= 0.6 is 0 Å². The molecule has 3 heterocycles. The lowest BCUT2D eigenvalue weighted by Crippen LogP contribution is -2.36. The third-order valence-electron chi connectivity index (χ3n) is 3.75. The Morgan fingerprint density at radius 3 is 2.64 bits per heavy atom. The van der Waals surface area contributed by atoms with Gasteiger partial charge in [-0.1, -0.05) is 0 Å². The monoisotopic (exact) mass is 357 g/mol. The van der Waals surface area contributed by atoms with E-state index in [0.29, 0.717) is 17.8 Å². The topological polar surface area (TPSA) is 63.7 Å². The van der Waals surface area contributed by atoms with Crippen LogP contribution in [0.4, 0.5) is 18.0 Å². The lowest BCUT2D eigenvalue weighted by Gasteiger charge is -2.24. The molecule has 1 amide bonds. The van der Waals surface area contributed by atoms with Crippen LogP contribution in [0.25, 0.3) is 5.70 Å². The predicted octanol–water partition coefficient (Wildman–Crippen LogP) is 2.97. The number of hydrogen-bond donors (Lipinski definition) is 1. The van der Waals surface area contributed by atoms with Crippen molar-refractivity contribution in [2.45, 2.75) is 38.7 Å². The first-order valence-electron chi connectivity index (χ1n) is 7.71. The van der Waals surface area contributed by atoms with Crippen LogP contribution in [0.15, 0.2) is 23.9 Å². The Morgan fingerprint density at radius 2 is 2.08 bits per heavy atom. The molecule has 0 radical (unpaired) electrons. The molecular weight excluding hydrogens is 339 g/mol. The number of carbonyl (C=O) groups is 1. The molecule has 3 rings (SSSR count). The fourth-order valence-corrected chi connectivity index (χ4v) is 2.65. The highest BCUT2D eigenvalue weighted by molar-refractivity contribution is 5.74. The first kappa shape index (κ1) is 17.5. The van der Waals surface area contributed by atoms with Gasteiger partial charge in [-0.05, 0) is 32.9 Å². The third kappa shape index (κ3) is 3.71. The highest BCUT2D eigenvalue weighted by Gasteiger charge is 2.40. The minimum Gasteiger partial charge on any atom is -0.444 e. The number of alkyl halides is 3. The summed E-state index contributed by atoms with van der Waals surface area (Å²) in [5.74, 6) is 0. The average Bonchev–Trinajstić information content (AvgIpc) is 3.04. The summed E-state index contributed by atoms with van der Waals surface area (Å²) in [6.45, 7) is 5.92. The first-order chi connectivity index (χ1) is 11.5. The van der Waals surface area contributed by atoms with E-state index in [0.717, 1.165) is 17.8 Å². The molecule has 0 bridgehead atoms. The minimum absolute atomic E-state index is 0.281. The number of rotatable bonds is 1. The first-order valence-corrected chi connectivity index (χ1v) is 7.71. The number of fused-ring (bicyclic) bond motifs is 1. The molecule has 6 nitrogen and oxygen atoms in total. The molecule has 0 unspecified atom stereocenters. The Balaban J connectivity index is 1.79. The second kappa shape index (κ2) is 5.91. The lowest BCUT2D eigenvalue weighted by molar-refractivity contribution is -0.141. The quantitative estimate of drug-likeness (QED) is 0.837. The van der Waals surface area contributed by atoms with Gasteiger partial charge in [-0.25, -0.2) is 4.79 Å². The van der Waals surface area contributed by atoms with Crippen molar-refractivity contribution in [3.05, 3.63) is 35.2 Å². The summed E-state index contributed by atoms with van der Waals surface area (Å²) in [5.41, 5.74) is 2.95. The van der Waals surface area contributed by atoms with Gasteiger partial charge in [0, 0.05) is 17.3 Å². The number of nitrogens with zero attached hydrogens (tertiary/aromatic N) is 2. The normalized spacial score (nSPS) is 20.6. The maximum Gasteiger partial charge on any atom is 0.433 e. The Labute approximate surface area is 142 Å². The molecule has 2 aliphatic heterocycles. The van der Waals surface area contributed by atoms with E-state index in [2.05, 4.69) is 10.5 Å². The Bertz CT molecular complexity index is 708. The number of likely N-dealkylation sites (tertiary alicyclic amines) is 1. The fourth-order valence-electron chi connectivity index (χ4n) is 2.65. The predicted molar refractivity (Wildman–Crippen MR) is 82.0 cm³/mol. The Hall–Kier alpha value is -2.29. The molecule has 0 aromatic carbocycles. The van der Waals surface area contributed by atoms with Crippen LogP contribution in [-0.2, 0) is 15.8 Å². The van der Waals surface area contributed by atoms with Crippen molar-refractivity contribution in [1.29, 1.82) is 0 Å². The molecule has 1 N–H and O–H groups in total. The zero-order valence-corrected chi connectivity index (χ0v) is 14.0. The summed E-state index contributed by atoms with van der Waals surface area (Å²) >= 11 is 0. The van der Waals surface area contributed by atoms with Crippen LogP contribution in [0.5, 0.6) is 0 Å². The zero-order valence-electron chi connectivity index (χ0n) is 14.0. The van der Waals surface area contributed by atoms with Gasteiger partial charge in [0.25, 0.3) is 0 Å². The highest BCUT2D eigenvalue weighted by Crippen LogP contribution is 2.33. The van der Waals surface area contributed by atoms with Gasteiger partial charge >= 0.3 is 12.3 Å². The summed E-state index contributed by atoms with van der Waals surface area (Å²) < 4.78 is 43.2. The summed E-state index contributed by atoms with van der Waals surface area (Å²) in [5, 5.41) is 0. The van der Waals surface area contributed by atoms with E-state index in [1.54, 1.807) is 20.8 Å².